The number of nitrogens with zero attached hydrogens (tertiary/aromatic N) is 1. The summed E-state index contributed by atoms with van der Waals surface area (Å²) in [6, 6.07) is 3.22. The molecule has 0 bridgehead atoms. The van der Waals surface area contributed by atoms with E-state index in [2.05, 4.69) is 4.98 Å². The molecule has 54 valence electrons. The molecule has 0 spiro atoms. The second-order valence-corrected chi connectivity index (χ2v) is 2.13. The summed E-state index contributed by atoms with van der Waals surface area (Å²) >= 11 is 0. The maximum Gasteiger partial charge on any atom is 0.139 e. The van der Waals surface area contributed by atoms with E-state index in [-0.39, 0.29) is 0 Å². The van der Waals surface area contributed by atoms with Crippen molar-refractivity contribution < 1.29 is 4.39 Å². The van der Waals surface area contributed by atoms with Crippen LogP contribution in [0.5, 0.6) is 0 Å². The number of aromatic nitrogens is 1. The van der Waals surface area contributed by atoms with Crippen molar-refractivity contribution >= 4 is 5.69 Å². The molecule has 1 rings (SSSR count). The average molecular weight is 140 g/mol. The molecule has 2 N–H and O–H groups in total. The van der Waals surface area contributed by atoms with Crippen molar-refractivity contribution in [1.82, 2.24) is 4.98 Å². The van der Waals surface area contributed by atoms with E-state index < -0.39 is 6.17 Å². The van der Waals surface area contributed by atoms with Crippen LogP contribution in [-0.4, -0.2) is 4.98 Å². The van der Waals surface area contributed by atoms with Crippen molar-refractivity contribution in [2.24, 2.45) is 0 Å². The van der Waals surface area contributed by atoms with Gasteiger partial charge >= 0.3 is 0 Å². The predicted molar refractivity (Wildman–Crippen MR) is 38.2 cm³/mol. The summed E-state index contributed by atoms with van der Waals surface area (Å²) in [5.41, 5.74) is 6.33. The molecular formula is C7H9FN2. The standard InChI is InChI=1S/C7H9FN2/c1-5(8)7-3-2-6(9)4-10-7/h2-5H,9H2,1H3. The van der Waals surface area contributed by atoms with Gasteiger partial charge in [0, 0.05) is 0 Å². The van der Waals surface area contributed by atoms with Gasteiger partial charge in [-0.05, 0) is 19.1 Å². The molecule has 1 aromatic rings. The fourth-order valence-electron chi connectivity index (χ4n) is 0.652. The molecule has 1 atom stereocenters. The summed E-state index contributed by atoms with van der Waals surface area (Å²) in [6.07, 6.45) is 0.436. The van der Waals surface area contributed by atoms with E-state index in [0.717, 1.165) is 0 Å². The predicted octanol–water partition coefficient (Wildman–Crippen LogP) is 1.69. The highest BCUT2D eigenvalue weighted by Crippen LogP contribution is 2.13. The van der Waals surface area contributed by atoms with Gasteiger partial charge in [0.1, 0.15) is 6.17 Å². The van der Waals surface area contributed by atoms with Gasteiger partial charge in [-0.15, -0.1) is 0 Å². The Morgan fingerprint density at radius 2 is 2.30 bits per heavy atom. The molecule has 2 nitrogen and oxygen atoms in total. The molecular weight excluding hydrogens is 131 g/mol. The van der Waals surface area contributed by atoms with Crippen LogP contribution in [0.3, 0.4) is 0 Å². The smallest absolute Gasteiger partial charge is 0.139 e. The summed E-state index contributed by atoms with van der Waals surface area (Å²) < 4.78 is 12.5. The summed E-state index contributed by atoms with van der Waals surface area (Å²) in [4.78, 5) is 3.78. The van der Waals surface area contributed by atoms with Crippen molar-refractivity contribution in [3.05, 3.63) is 24.0 Å². The van der Waals surface area contributed by atoms with Gasteiger partial charge in [-0.3, -0.25) is 4.98 Å². The van der Waals surface area contributed by atoms with Gasteiger partial charge in [0.25, 0.3) is 0 Å². The minimum absolute atomic E-state index is 0.425. The molecule has 0 radical (unpaired) electrons. The fourth-order valence-corrected chi connectivity index (χ4v) is 0.652. The molecule has 1 unspecified atom stereocenters. The van der Waals surface area contributed by atoms with Gasteiger partial charge in [-0.1, -0.05) is 0 Å². The minimum atomic E-state index is -1.01. The molecule has 10 heavy (non-hydrogen) atoms. The summed E-state index contributed by atoms with van der Waals surface area (Å²) in [5.74, 6) is 0. The Balaban J connectivity index is 2.89. The van der Waals surface area contributed by atoms with Crippen LogP contribution in [0.1, 0.15) is 18.8 Å². The van der Waals surface area contributed by atoms with Crippen LogP contribution in [-0.2, 0) is 0 Å². The van der Waals surface area contributed by atoms with Gasteiger partial charge < -0.3 is 5.73 Å². The lowest BCUT2D eigenvalue weighted by Crippen LogP contribution is -1.92. The monoisotopic (exact) mass is 140 g/mol. The Morgan fingerprint density at radius 3 is 2.70 bits per heavy atom. The number of halogens is 1. The Bertz CT molecular complexity index is 205. The van der Waals surface area contributed by atoms with Crippen molar-refractivity contribution in [3.63, 3.8) is 0 Å². The van der Waals surface area contributed by atoms with Crippen molar-refractivity contribution in [2.75, 3.05) is 5.73 Å². The van der Waals surface area contributed by atoms with Gasteiger partial charge in [-0.2, -0.15) is 0 Å². The molecule has 0 aliphatic heterocycles. The van der Waals surface area contributed by atoms with Crippen LogP contribution in [0.2, 0.25) is 0 Å². The Kier molecular flexibility index (Phi) is 1.85. The van der Waals surface area contributed by atoms with Crippen LogP contribution in [0.25, 0.3) is 0 Å². The van der Waals surface area contributed by atoms with Crippen LogP contribution in [0.15, 0.2) is 18.3 Å². The highest BCUT2D eigenvalue weighted by atomic mass is 19.1. The number of alkyl halides is 1. The molecule has 0 aromatic carbocycles. The zero-order valence-corrected chi connectivity index (χ0v) is 5.71. The largest absolute Gasteiger partial charge is 0.397 e. The van der Waals surface area contributed by atoms with Gasteiger partial charge in [-0.25, -0.2) is 4.39 Å². The minimum Gasteiger partial charge on any atom is -0.397 e. The highest BCUT2D eigenvalue weighted by molar-refractivity contribution is 5.34. The SMILES string of the molecule is CC(F)c1ccc(N)cn1. The summed E-state index contributed by atoms with van der Waals surface area (Å²) in [6.45, 7) is 1.44. The molecule has 0 saturated heterocycles. The summed E-state index contributed by atoms with van der Waals surface area (Å²) in [7, 11) is 0. The lowest BCUT2D eigenvalue weighted by molar-refractivity contribution is 0.366. The number of rotatable bonds is 1. The first-order chi connectivity index (χ1) is 4.70. The van der Waals surface area contributed by atoms with Crippen LogP contribution >= 0.6 is 0 Å². The van der Waals surface area contributed by atoms with E-state index in [1.165, 1.54) is 13.1 Å². The number of hydrogen-bond donors (Lipinski definition) is 1. The summed E-state index contributed by atoms with van der Waals surface area (Å²) in [5, 5.41) is 0. The number of hydrogen-bond acceptors (Lipinski definition) is 2. The molecule has 1 aromatic heterocycles. The second kappa shape index (κ2) is 2.64. The van der Waals surface area contributed by atoms with E-state index in [4.69, 9.17) is 5.73 Å². The van der Waals surface area contributed by atoms with Gasteiger partial charge in [0.15, 0.2) is 0 Å². The Hall–Kier alpha value is -1.12. The molecule has 0 saturated carbocycles. The van der Waals surface area contributed by atoms with Crippen molar-refractivity contribution in [3.8, 4) is 0 Å². The van der Waals surface area contributed by atoms with Gasteiger partial charge in [0.2, 0.25) is 0 Å². The first kappa shape index (κ1) is 6.99. The maximum absolute atomic E-state index is 12.5. The van der Waals surface area contributed by atoms with Crippen LogP contribution < -0.4 is 5.73 Å². The average Bonchev–Trinajstić information content (AvgIpc) is 1.88. The molecule has 0 fully saturated rings. The van der Waals surface area contributed by atoms with E-state index in [1.807, 2.05) is 0 Å². The lowest BCUT2D eigenvalue weighted by atomic mass is 10.2. The fraction of sp³-hybridized carbons (Fsp3) is 0.286. The molecule has 0 aliphatic carbocycles. The zero-order valence-electron chi connectivity index (χ0n) is 5.71. The quantitative estimate of drug-likeness (QED) is 0.644. The number of anilines is 1. The van der Waals surface area contributed by atoms with Crippen molar-refractivity contribution in [2.45, 2.75) is 13.1 Å². The third-order valence-corrected chi connectivity index (χ3v) is 1.22. The number of nitrogens with two attached hydrogens (primary N) is 1. The van der Waals surface area contributed by atoms with E-state index >= 15 is 0 Å². The molecule has 0 aliphatic rings. The van der Waals surface area contributed by atoms with E-state index in [1.54, 1.807) is 12.1 Å². The first-order valence-corrected chi connectivity index (χ1v) is 3.05. The van der Waals surface area contributed by atoms with E-state index in [0.29, 0.717) is 11.4 Å². The van der Waals surface area contributed by atoms with Crippen LogP contribution in [0, 0.1) is 0 Å². The van der Waals surface area contributed by atoms with Gasteiger partial charge in [0.05, 0.1) is 17.6 Å². The zero-order chi connectivity index (χ0) is 7.56. The topological polar surface area (TPSA) is 38.9 Å². The third-order valence-electron chi connectivity index (χ3n) is 1.22. The highest BCUT2D eigenvalue weighted by Gasteiger charge is 2.01. The van der Waals surface area contributed by atoms with Crippen molar-refractivity contribution in [1.29, 1.82) is 0 Å². The molecule has 3 heteroatoms. The number of nitrogen functional groups attached to an aromatic ring is 1. The van der Waals surface area contributed by atoms with E-state index in [9.17, 15) is 4.39 Å². The third kappa shape index (κ3) is 1.43. The molecule has 0 amide bonds. The first-order valence-electron chi connectivity index (χ1n) is 3.05. The molecule has 1 heterocycles. The Labute approximate surface area is 58.9 Å². The number of pyridine rings is 1. The normalized spacial score (nSPS) is 13.0. The Morgan fingerprint density at radius 1 is 1.60 bits per heavy atom. The lowest BCUT2D eigenvalue weighted by Gasteiger charge is -1.99. The van der Waals surface area contributed by atoms with Crippen LogP contribution in [0.4, 0.5) is 10.1 Å². The second-order valence-electron chi connectivity index (χ2n) is 2.13. The maximum atomic E-state index is 12.5.